The number of rotatable bonds is 3. The summed E-state index contributed by atoms with van der Waals surface area (Å²) >= 11 is 0. The van der Waals surface area contributed by atoms with Crippen molar-refractivity contribution in [1.29, 1.82) is 0 Å². The lowest BCUT2D eigenvalue weighted by Gasteiger charge is -2.09. The summed E-state index contributed by atoms with van der Waals surface area (Å²) in [6, 6.07) is 2.45. The maximum atomic E-state index is 13.4. The number of hydrogen-bond acceptors (Lipinski definition) is 3. The lowest BCUT2D eigenvalue weighted by Crippen LogP contribution is -2.22. The topological polar surface area (TPSA) is 56.4 Å². The Hall–Kier alpha value is -2.97. The molecular formula is C15H9F4N3O2. The van der Waals surface area contributed by atoms with Crippen LogP contribution in [0.5, 0.6) is 0 Å². The van der Waals surface area contributed by atoms with Crippen molar-refractivity contribution in [2.45, 2.75) is 12.7 Å². The fourth-order valence-corrected chi connectivity index (χ4v) is 2.38. The van der Waals surface area contributed by atoms with Crippen LogP contribution in [0.1, 0.15) is 5.56 Å². The average molecular weight is 339 g/mol. The predicted molar refractivity (Wildman–Crippen MR) is 75.9 cm³/mol. The van der Waals surface area contributed by atoms with E-state index in [0.717, 1.165) is 10.6 Å². The Morgan fingerprint density at radius 1 is 1.21 bits per heavy atom. The van der Waals surface area contributed by atoms with Gasteiger partial charge >= 0.3 is 6.18 Å². The van der Waals surface area contributed by atoms with Gasteiger partial charge in [0.25, 0.3) is 5.56 Å². The second-order valence-corrected chi connectivity index (χ2v) is 4.97. The molecule has 0 aliphatic heterocycles. The number of benzene rings is 1. The quantitative estimate of drug-likeness (QED) is 0.544. The monoisotopic (exact) mass is 339 g/mol. The molecule has 0 radical (unpaired) electrons. The molecule has 0 unspecified atom stereocenters. The van der Waals surface area contributed by atoms with Crippen molar-refractivity contribution in [1.82, 2.24) is 14.2 Å². The molecule has 0 aliphatic rings. The lowest BCUT2D eigenvalue weighted by atomic mass is 10.0. The van der Waals surface area contributed by atoms with E-state index in [9.17, 15) is 27.2 Å². The highest BCUT2D eigenvalue weighted by Crippen LogP contribution is 2.34. The highest BCUT2D eigenvalue weighted by atomic mass is 19.4. The van der Waals surface area contributed by atoms with Gasteiger partial charge in [-0.25, -0.2) is 8.91 Å². The van der Waals surface area contributed by atoms with E-state index in [4.69, 9.17) is 0 Å². The molecule has 9 heteroatoms. The van der Waals surface area contributed by atoms with Gasteiger partial charge in [0, 0.05) is 18.0 Å². The van der Waals surface area contributed by atoms with Crippen molar-refractivity contribution in [3.05, 3.63) is 58.5 Å². The van der Waals surface area contributed by atoms with Gasteiger partial charge in [0.2, 0.25) is 0 Å². The van der Waals surface area contributed by atoms with Crippen molar-refractivity contribution in [2.75, 3.05) is 0 Å². The van der Waals surface area contributed by atoms with E-state index in [0.29, 0.717) is 18.4 Å². The molecule has 0 spiro atoms. The maximum Gasteiger partial charge on any atom is 0.419 e. The smallest absolute Gasteiger partial charge is 0.305 e. The number of aromatic nitrogens is 3. The molecule has 0 saturated carbocycles. The fraction of sp³-hybridized carbons (Fsp3) is 0.133. The van der Waals surface area contributed by atoms with Crippen LogP contribution in [0.25, 0.3) is 16.6 Å². The van der Waals surface area contributed by atoms with E-state index in [1.165, 1.54) is 23.1 Å². The van der Waals surface area contributed by atoms with Crippen LogP contribution < -0.4 is 5.56 Å². The van der Waals surface area contributed by atoms with Crippen LogP contribution in [0.2, 0.25) is 0 Å². The van der Waals surface area contributed by atoms with Crippen LogP contribution >= 0.6 is 0 Å². The van der Waals surface area contributed by atoms with Crippen molar-refractivity contribution in [3.63, 3.8) is 0 Å². The number of alkyl halides is 3. The minimum absolute atomic E-state index is 0.000298. The molecule has 3 aromatic rings. The largest absolute Gasteiger partial charge is 0.419 e. The Bertz CT molecular complexity index is 989. The molecule has 0 fully saturated rings. The molecule has 3 rings (SSSR count). The fourth-order valence-electron chi connectivity index (χ4n) is 2.38. The van der Waals surface area contributed by atoms with Crippen LogP contribution in [0, 0.1) is 5.82 Å². The van der Waals surface area contributed by atoms with Gasteiger partial charge in [0.15, 0.2) is 0 Å². The Morgan fingerprint density at radius 2 is 1.96 bits per heavy atom. The third-order valence-corrected chi connectivity index (χ3v) is 3.50. The molecule has 0 amide bonds. The normalized spacial score (nSPS) is 11.8. The number of hydrogen-bond donors (Lipinski definition) is 0. The second-order valence-electron chi connectivity index (χ2n) is 4.97. The maximum absolute atomic E-state index is 13.4. The zero-order valence-corrected chi connectivity index (χ0v) is 11.9. The average Bonchev–Trinajstić information content (AvgIpc) is 2.94. The first-order valence-electron chi connectivity index (χ1n) is 6.70. The zero-order chi connectivity index (χ0) is 17.5. The van der Waals surface area contributed by atoms with Gasteiger partial charge in [-0.2, -0.15) is 18.3 Å². The summed E-state index contributed by atoms with van der Waals surface area (Å²) in [6.45, 7) is -0.197. The number of carbonyl (C=O) groups is 1. The number of fused-ring (bicyclic) bond motifs is 1. The molecule has 1 aromatic carbocycles. The third kappa shape index (κ3) is 2.57. The Kier molecular flexibility index (Phi) is 3.70. The first kappa shape index (κ1) is 15.9. The summed E-state index contributed by atoms with van der Waals surface area (Å²) in [4.78, 5) is 23.0. The van der Waals surface area contributed by atoms with E-state index in [2.05, 4.69) is 5.10 Å². The molecule has 5 nitrogen and oxygen atoms in total. The van der Waals surface area contributed by atoms with Crippen LogP contribution in [-0.4, -0.2) is 20.5 Å². The predicted octanol–water partition coefficient (Wildman–Crippen LogP) is 2.52. The number of halogens is 4. The molecule has 0 bridgehead atoms. The second kappa shape index (κ2) is 5.59. The Balaban J connectivity index is 2.26. The first-order valence-corrected chi connectivity index (χ1v) is 6.70. The highest BCUT2D eigenvalue weighted by Gasteiger charge is 2.34. The van der Waals surface area contributed by atoms with Crippen molar-refractivity contribution in [3.8, 4) is 11.1 Å². The van der Waals surface area contributed by atoms with Gasteiger partial charge in [0.1, 0.15) is 17.6 Å². The molecule has 0 atom stereocenters. The number of nitrogens with zero attached hydrogens (tertiary/aromatic N) is 3. The summed E-state index contributed by atoms with van der Waals surface area (Å²) < 4.78 is 54.3. The lowest BCUT2D eigenvalue weighted by molar-refractivity contribution is -0.139. The van der Waals surface area contributed by atoms with E-state index in [1.54, 1.807) is 0 Å². The van der Waals surface area contributed by atoms with Crippen molar-refractivity contribution < 1.29 is 22.4 Å². The minimum atomic E-state index is -4.86. The molecule has 24 heavy (non-hydrogen) atoms. The van der Waals surface area contributed by atoms with Gasteiger partial charge in [-0.15, -0.1) is 0 Å². The molecule has 124 valence electrons. The van der Waals surface area contributed by atoms with Gasteiger partial charge in [-0.05, 0) is 17.7 Å². The summed E-state index contributed by atoms with van der Waals surface area (Å²) in [5.74, 6) is -1.40. The van der Waals surface area contributed by atoms with E-state index >= 15 is 0 Å². The molecular weight excluding hydrogens is 330 g/mol. The number of aldehydes is 1. The molecule has 2 aromatic heterocycles. The standard InChI is InChI=1S/C15H9F4N3O2/c16-12-2-1-9(7-11(12)15(17,18)19)10-8-20-22-4-3-21(5-6-23)14(24)13(10)22/h1-4,6-8H,5H2. The molecule has 0 aliphatic carbocycles. The molecule has 2 heterocycles. The van der Waals surface area contributed by atoms with Crippen molar-refractivity contribution >= 4 is 11.8 Å². The third-order valence-electron chi connectivity index (χ3n) is 3.50. The van der Waals surface area contributed by atoms with E-state index < -0.39 is 23.1 Å². The van der Waals surface area contributed by atoms with Gasteiger partial charge in [0.05, 0.1) is 18.3 Å². The Morgan fingerprint density at radius 3 is 2.62 bits per heavy atom. The summed E-state index contributed by atoms with van der Waals surface area (Å²) in [7, 11) is 0. The van der Waals surface area contributed by atoms with Crippen LogP contribution in [0.3, 0.4) is 0 Å². The van der Waals surface area contributed by atoms with Gasteiger partial charge < -0.3 is 9.36 Å². The molecule has 0 saturated heterocycles. The van der Waals surface area contributed by atoms with Crippen molar-refractivity contribution in [2.24, 2.45) is 0 Å². The highest BCUT2D eigenvalue weighted by molar-refractivity contribution is 5.79. The SMILES string of the molecule is O=CCn1ccn2ncc(-c3ccc(F)c(C(F)(F)F)c3)c2c1=O. The van der Waals surface area contributed by atoms with Gasteiger partial charge in [-0.1, -0.05) is 6.07 Å². The van der Waals surface area contributed by atoms with Gasteiger partial charge in [-0.3, -0.25) is 4.79 Å². The first-order chi connectivity index (χ1) is 11.3. The van der Waals surface area contributed by atoms with Crippen LogP contribution in [-0.2, 0) is 17.5 Å². The summed E-state index contributed by atoms with van der Waals surface area (Å²) in [5.41, 5.74) is -1.90. The van der Waals surface area contributed by atoms with E-state index in [1.807, 2.05) is 0 Å². The minimum Gasteiger partial charge on any atom is -0.305 e. The van der Waals surface area contributed by atoms with Crippen LogP contribution in [0.15, 0.2) is 41.6 Å². The molecule has 0 N–H and O–H groups in total. The summed E-state index contributed by atoms with van der Waals surface area (Å²) in [6.07, 6.45) is -0.381. The zero-order valence-electron chi connectivity index (χ0n) is 11.9. The van der Waals surface area contributed by atoms with E-state index in [-0.39, 0.29) is 23.2 Å². The van der Waals surface area contributed by atoms with Crippen LogP contribution in [0.4, 0.5) is 17.6 Å². The summed E-state index contributed by atoms with van der Waals surface area (Å²) in [5, 5.41) is 3.91. The Labute approximate surface area is 131 Å². The number of carbonyl (C=O) groups excluding carboxylic acids is 1.